The summed E-state index contributed by atoms with van der Waals surface area (Å²) in [5, 5.41) is 0. The average Bonchev–Trinajstić information content (AvgIpc) is 2.54. The quantitative estimate of drug-likeness (QED) is 0.831. The predicted octanol–water partition coefficient (Wildman–Crippen LogP) is 1.68. The van der Waals surface area contributed by atoms with E-state index < -0.39 is 5.82 Å². The minimum Gasteiger partial charge on any atom is -0.481 e. The molecule has 0 radical (unpaired) electrons. The van der Waals surface area contributed by atoms with Crippen LogP contribution in [0.15, 0.2) is 24.3 Å². The smallest absolute Gasteiger partial charge is 0.260 e. The molecule has 0 saturated carbocycles. The van der Waals surface area contributed by atoms with Gasteiger partial charge < -0.3 is 14.5 Å². The van der Waals surface area contributed by atoms with Gasteiger partial charge in [-0.15, -0.1) is 0 Å². The van der Waals surface area contributed by atoms with Crippen molar-refractivity contribution in [3.63, 3.8) is 0 Å². The molecular weight excluding hydrogens is 287 g/mol. The highest BCUT2D eigenvalue weighted by Crippen LogP contribution is 2.15. The molecule has 0 N–H and O–H groups in total. The fourth-order valence-electron chi connectivity index (χ4n) is 2.37. The van der Waals surface area contributed by atoms with Crippen LogP contribution in [0.4, 0.5) is 4.39 Å². The lowest BCUT2D eigenvalue weighted by Gasteiger charge is -2.34. The van der Waals surface area contributed by atoms with Crippen LogP contribution >= 0.6 is 0 Å². The van der Waals surface area contributed by atoms with Crippen LogP contribution in [0.1, 0.15) is 19.8 Å². The Morgan fingerprint density at radius 3 is 2.27 bits per heavy atom. The van der Waals surface area contributed by atoms with Crippen molar-refractivity contribution in [1.82, 2.24) is 9.80 Å². The lowest BCUT2D eigenvalue weighted by Crippen LogP contribution is -2.51. The third-order valence-corrected chi connectivity index (χ3v) is 3.64. The van der Waals surface area contributed by atoms with Crippen molar-refractivity contribution in [2.45, 2.75) is 19.8 Å². The van der Waals surface area contributed by atoms with Crippen molar-refractivity contribution >= 4 is 11.8 Å². The number of amides is 2. The van der Waals surface area contributed by atoms with Gasteiger partial charge in [-0.1, -0.05) is 19.1 Å². The van der Waals surface area contributed by atoms with E-state index in [4.69, 9.17) is 4.74 Å². The Hall–Kier alpha value is -2.11. The van der Waals surface area contributed by atoms with E-state index in [9.17, 15) is 14.0 Å². The van der Waals surface area contributed by atoms with Gasteiger partial charge >= 0.3 is 0 Å². The number of nitrogens with zero attached hydrogens (tertiary/aromatic N) is 2. The molecule has 1 aliphatic heterocycles. The molecule has 1 aliphatic rings. The molecule has 1 fully saturated rings. The molecular formula is C16H21FN2O3. The Balaban J connectivity index is 1.78. The van der Waals surface area contributed by atoms with Crippen LogP contribution in [0.25, 0.3) is 0 Å². The zero-order valence-electron chi connectivity index (χ0n) is 12.8. The molecule has 0 aromatic heterocycles. The molecule has 120 valence electrons. The second-order valence-corrected chi connectivity index (χ2v) is 5.23. The van der Waals surface area contributed by atoms with Crippen LogP contribution in [-0.2, 0) is 9.59 Å². The van der Waals surface area contributed by atoms with E-state index >= 15 is 0 Å². The molecule has 1 saturated heterocycles. The molecule has 0 unspecified atom stereocenters. The van der Waals surface area contributed by atoms with Crippen LogP contribution in [0.3, 0.4) is 0 Å². The number of hydrogen-bond acceptors (Lipinski definition) is 3. The van der Waals surface area contributed by atoms with Crippen LogP contribution < -0.4 is 4.74 Å². The van der Waals surface area contributed by atoms with E-state index in [2.05, 4.69) is 0 Å². The number of ether oxygens (including phenoxy) is 1. The Morgan fingerprint density at radius 1 is 1.09 bits per heavy atom. The standard InChI is InChI=1S/C16H21FN2O3/c1-2-5-15(20)18-8-10-19(11-9-18)16(21)12-22-14-7-4-3-6-13(14)17/h3-4,6-7H,2,5,8-12H2,1H3. The first-order valence-corrected chi connectivity index (χ1v) is 7.54. The van der Waals surface area contributed by atoms with E-state index in [0.29, 0.717) is 32.6 Å². The highest BCUT2D eigenvalue weighted by atomic mass is 19.1. The second kappa shape index (κ2) is 7.77. The number of rotatable bonds is 5. The van der Waals surface area contributed by atoms with Gasteiger partial charge in [-0.3, -0.25) is 9.59 Å². The summed E-state index contributed by atoms with van der Waals surface area (Å²) in [6, 6.07) is 6.00. The third kappa shape index (κ3) is 4.19. The minimum absolute atomic E-state index is 0.0765. The summed E-state index contributed by atoms with van der Waals surface area (Å²) in [4.78, 5) is 27.3. The normalized spacial score (nSPS) is 14.8. The van der Waals surface area contributed by atoms with Crippen molar-refractivity contribution in [3.05, 3.63) is 30.1 Å². The van der Waals surface area contributed by atoms with Gasteiger partial charge in [-0.25, -0.2) is 4.39 Å². The summed E-state index contributed by atoms with van der Waals surface area (Å²) in [5.41, 5.74) is 0. The second-order valence-electron chi connectivity index (χ2n) is 5.23. The largest absolute Gasteiger partial charge is 0.481 e. The first-order valence-electron chi connectivity index (χ1n) is 7.54. The van der Waals surface area contributed by atoms with Gasteiger partial charge in [0.15, 0.2) is 18.2 Å². The topological polar surface area (TPSA) is 49.9 Å². The monoisotopic (exact) mass is 308 g/mol. The maximum absolute atomic E-state index is 13.4. The maximum atomic E-state index is 13.4. The van der Waals surface area contributed by atoms with E-state index in [1.807, 2.05) is 6.92 Å². The van der Waals surface area contributed by atoms with Crippen molar-refractivity contribution in [2.24, 2.45) is 0 Å². The molecule has 0 bridgehead atoms. The molecule has 5 nitrogen and oxygen atoms in total. The van der Waals surface area contributed by atoms with Crippen LogP contribution in [0.5, 0.6) is 5.75 Å². The maximum Gasteiger partial charge on any atom is 0.260 e. The highest BCUT2D eigenvalue weighted by Gasteiger charge is 2.23. The van der Waals surface area contributed by atoms with Gasteiger partial charge in [0.05, 0.1) is 0 Å². The lowest BCUT2D eigenvalue weighted by molar-refractivity contribution is -0.140. The predicted molar refractivity (Wildman–Crippen MR) is 80.0 cm³/mol. The molecule has 22 heavy (non-hydrogen) atoms. The fourth-order valence-corrected chi connectivity index (χ4v) is 2.37. The zero-order valence-corrected chi connectivity index (χ0v) is 12.8. The molecule has 1 heterocycles. The minimum atomic E-state index is -0.481. The SMILES string of the molecule is CCCC(=O)N1CCN(C(=O)COc2ccccc2F)CC1. The van der Waals surface area contributed by atoms with Gasteiger partial charge in [0.2, 0.25) is 5.91 Å². The lowest BCUT2D eigenvalue weighted by atomic mass is 10.2. The number of para-hydroxylation sites is 1. The summed E-state index contributed by atoms with van der Waals surface area (Å²) in [6.07, 6.45) is 1.37. The number of piperazine rings is 1. The van der Waals surface area contributed by atoms with Crippen molar-refractivity contribution in [2.75, 3.05) is 32.8 Å². The van der Waals surface area contributed by atoms with Crippen LogP contribution in [0.2, 0.25) is 0 Å². The van der Waals surface area contributed by atoms with E-state index in [1.54, 1.807) is 21.9 Å². The molecule has 6 heteroatoms. The number of halogens is 1. The summed E-state index contributed by atoms with van der Waals surface area (Å²) in [5.74, 6) is -0.457. The summed E-state index contributed by atoms with van der Waals surface area (Å²) >= 11 is 0. The van der Waals surface area contributed by atoms with Crippen molar-refractivity contribution < 1.29 is 18.7 Å². The Labute approximate surface area is 129 Å². The zero-order chi connectivity index (χ0) is 15.9. The molecule has 0 spiro atoms. The number of carbonyl (C=O) groups excluding carboxylic acids is 2. The third-order valence-electron chi connectivity index (χ3n) is 3.64. The van der Waals surface area contributed by atoms with Crippen molar-refractivity contribution in [3.8, 4) is 5.75 Å². The average molecular weight is 308 g/mol. The number of carbonyl (C=O) groups is 2. The van der Waals surface area contributed by atoms with E-state index in [0.717, 1.165) is 6.42 Å². The molecule has 0 atom stereocenters. The van der Waals surface area contributed by atoms with E-state index in [-0.39, 0.29) is 24.2 Å². The molecule has 1 aromatic carbocycles. The first-order chi connectivity index (χ1) is 10.6. The van der Waals surface area contributed by atoms with E-state index in [1.165, 1.54) is 12.1 Å². The Kier molecular flexibility index (Phi) is 5.75. The van der Waals surface area contributed by atoms with Gasteiger partial charge in [-0.2, -0.15) is 0 Å². The number of hydrogen-bond donors (Lipinski definition) is 0. The molecule has 1 aromatic rings. The summed E-state index contributed by atoms with van der Waals surface area (Å²) in [7, 11) is 0. The van der Waals surface area contributed by atoms with Crippen LogP contribution in [0, 0.1) is 5.82 Å². The van der Waals surface area contributed by atoms with Gasteiger partial charge in [0.25, 0.3) is 5.91 Å². The van der Waals surface area contributed by atoms with Crippen molar-refractivity contribution in [1.29, 1.82) is 0 Å². The van der Waals surface area contributed by atoms with Crippen LogP contribution in [-0.4, -0.2) is 54.4 Å². The molecule has 2 rings (SSSR count). The van der Waals surface area contributed by atoms with Gasteiger partial charge in [-0.05, 0) is 18.6 Å². The van der Waals surface area contributed by atoms with Gasteiger partial charge in [0, 0.05) is 32.6 Å². The highest BCUT2D eigenvalue weighted by molar-refractivity contribution is 5.79. The molecule has 2 amide bonds. The fraction of sp³-hybridized carbons (Fsp3) is 0.500. The summed E-state index contributed by atoms with van der Waals surface area (Å²) < 4.78 is 18.6. The van der Waals surface area contributed by atoms with Gasteiger partial charge in [0.1, 0.15) is 0 Å². The Morgan fingerprint density at radius 2 is 1.68 bits per heavy atom. The Bertz CT molecular complexity index is 528. The summed E-state index contributed by atoms with van der Waals surface area (Å²) in [6.45, 7) is 3.86. The molecule has 0 aliphatic carbocycles. The number of benzene rings is 1. The first kappa shape index (κ1) is 16.3.